The van der Waals surface area contributed by atoms with Gasteiger partial charge in [-0.2, -0.15) is 0 Å². The third-order valence-corrected chi connectivity index (χ3v) is 4.69. The smallest absolute Gasteiger partial charge is 0.328 e. The minimum absolute atomic E-state index is 0. The van der Waals surface area contributed by atoms with E-state index in [0.717, 1.165) is 30.5 Å². The molecule has 0 radical (unpaired) electrons. The number of phenols is 1. The zero-order valence-corrected chi connectivity index (χ0v) is 19.0. The molecular weight excluding hydrogens is 420 g/mol. The summed E-state index contributed by atoms with van der Waals surface area (Å²) < 4.78 is 10.5. The van der Waals surface area contributed by atoms with Crippen molar-refractivity contribution in [1.29, 1.82) is 0 Å². The van der Waals surface area contributed by atoms with Gasteiger partial charge in [0.1, 0.15) is 17.5 Å². The number of aryl methyl sites for hydroxylation is 1. The van der Waals surface area contributed by atoms with Gasteiger partial charge < -0.3 is 25.2 Å². The van der Waals surface area contributed by atoms with E-state index in [1.54, 1.807) is 13.0 Å². The van der Waals surface area contributed by atoms with E-state index >= 15 is 0 Å². The molecule has 0 aromatic heterocycles. The first kappa shape index (κ1) is 26.3. The van der Waals surface area contributed by atoms with E-state index in [-0.39, 0.29) is 31.6 Å². The molecule has 0 bridgehead atoms. The minimum Gasteiger partial charge on any atom is -0.507 e. The standard InChI is InChI=1S/C23H30N2O5.ClH.H2/c1-16-13-18(20(26)15-21(16)30-12-8-7-11-24-2)22(27)25-19(23(28)29-3)14-17-9-5-4-6-10-17;;/h4-6,9-10,13,15,19,24,26H,7-8,11-12,14H2,1-3H3,(H,25,27);2*1H/t19-;;/m0../s1. The quantitative estimate of drug-likeness (QED) is 0.357. The molecule has 1 atom stereocenters. The third-order valence-electron chi connectivity index (χ3n) is 4.69. The van der Waals surface area contributed by atoms with Crippen LogP contribution in [0.1, 0.15) is 35.8 Å². The number of hydrogen-bond acceptors (Lipinski definition) is 6. The highest BCUT2D eigenvalue weighted by Gasteiger charge is 2.24. The van der Waals surface area contributed by atoms with Crippen molar-refractivity contribution in [2.45, 2.75) is 32.2 Å². The highest BCUT2D eigenvalue weighted by molar-refractivity contribution is 5.99. The van der Waals surface area contributed by atoms with Crippen molar-refractivity contribution in [3.63, 3.8) is 0 Å². The van der Waals surface area contributed by atoms with Crippen molar-refractivity contribution >= 4 is 24.3 Å². The number of carbonyl (C=O) groups is 2. The first-order valence-electron chi connectivity index (χ1n) is 10.00. The molecule has 2 aromatic carbocycles. The molecule has 8 heteroatoms. The number of unbranched alkanes of at least 4 members (excludes halogenated alkanes) is 1. The number of amides is 1. The predicted molar refractivity (Wildman–Crippen MR) is 124 cm³/mol. The van der Waals surface area contributed by atoms with Crippen LogP contribution in [0.5, 0.6) is 11.5 Å². The van der Waals surface area contributed by atoms with E-state index in [2.05, 4.69) is 10.6 Å². The van der Waals surface area contributed by atoms with E-state index in [9.17, 15) is 14.7 Å². The highest BCUT2D eigenvalue weighted by Crippen LogP contribution is 2.28. The Labute approximate surface area is 191 Å². The second kappa shape index (κ2) is 13.5. The van der Waals surface area contributed by atoms with Gasteiger partial charge in [0, 0.05) is 13.9 Å². The topological polar surface area (TPSA) is 96.9 Å². The van der Waals surface area contributed by atoms with Crippen LogP contribution in [-0.2, 0) is 16.0 Å². The fraction of sp³-hybridized carbons (Fsp3) is 0.391. The van der Waals surface area contributed by atoms with Crippen molar-refractivity contribution in [2.24, 2.45) is 0 Å². The molecule has 7 nitrogen and oxygen atoms in total. The number of methoxy groups -OCH3 is 1. The van der Waals surface area contributed by atoms with Crippen molar-refractivity contribution in [2.75, 3.05) is 27.3 Å². The molecule has 0 aliphatic heterocycles. The average Bonchev–Trinajstić information content (AvgIpc) is 2.75. The summed E-state index contributed by atoms with van der Waals surface area (Å²) in [5.74, 6) is -0.776. The van der Waals surface area contributed by atoms with Crippen LogP contribution in [0, 0.1) is 6.92 Å². The first-order chi connectivity index (χ1) is 14.5. The van der Waals surface area contributed by atoms with Crippen molar-refractivity contribution < 1.29 is 25.6 Å². The zero-order chi connectivity index (χ0) is 21.9. The minimum atomic E-state index is -0.868. The molecule has 31 heavy (non-hydrogen) atoms. The van der Waals surface area contributed by atoms with Crippen LogP contribution in [0.25, 0.3) is 0 Å². The molecule has 3 N–H and O–H groups in total. The van der Waals surface area contributed by atoms with Crippen molar-refractivity contribution in [1.82, 2.24) is 10.6 Å². The van der Waals surface area contributed by atoms with Gasteiger partial charge in [0.05, 0.1) is 19.3 Å². The summed E-state index contributed by atoms with van der Waals surface area (Å²) in [6, 6.07) is 11.5. The maximum atomic E-state index is 12.8. The van der Waals surface area contributed by atoms with Gasteiger partial charge >= 0.3 is 5.97 Å². The van der Waals surface area contributed by atoms with Gasteiger partial charge in [-0.05, 0) is 50.6 Å². The van der Waals surface area contributed by atoms with Crippen LogP contribution in [0.2, 0.25) is 0 Å². The Hall–Kier alpha value is -2.77. The first-order valence-corrected chi connectivity index (χ1v) is 10.00. The highest BCUT2D eigenvalue weighted by atomic mass is 35.5. The fourth-order valence-corrected chi connectivity index (χ4v) is 3.02. The Balaban J connectivity index is 0.00000480. The number of carbonyl (C=O) groups excluding carboxylic acids is 2. The second-order valence-electron chi connectivity index (χ2n) is 7.03. The number of aromatic hydroxyl groups is 1. The van der Waals surface area contributed by atoms with Crippen molar-refractivity contribution in [3.8, 4) is 11.5 Å². The van der Waals surface area contributed by atoms with Crippen molar-refractivity contribution in [3.05, 3.63) is 59.2 Å². The van der Waals surface area contributed by atoms with Gasteiger partial charge in [0.2, 0.25) is 0 Å². The molecule has 0 unspecified atom stereocenters. The van der Waals surface area contributed by atoms with Gasteiger partial charge in [-0.1, -0.05) is 30.3 Å². The predicted octanol–water partition coefficient (Wildman–Crippen LogP) is 3.26. The molecule has 0 aliphatic rings. The molecule has 2 aromatic rings. The van der Waals surface area contributed by atoms with E-state index in [4.69, 9.17) is 9.47 Å². The summed E-state index contributed by atoms with van der Waals surface area (Å²) in [5, 5.41) is 16.1. The number of rotatable bonds is 11. The number of benzene rings is 2. The Kier molecular flexibility index (Phi) is 11.5. The van der Waals surface area contributed by atoms with Gasteiger partial charge in [0.15, 0.2) is 0 Å². The Morgan fingerprint density at radius 2 is 1.87 bits per heavy atom. The third kappa shape index (κ3) is 8.11. The largest absolute Gasteiger partial charge is 0.507 e. The summed E-state index contributed by atoms with van der Waals surface area (Å²) in [4.78, 5) is 24.9. The molecular formula is C23H33ClN2O5. The lowest BCUT2D eigenvalue weighted by Gasteiger charge is -2.18. The van der Waals surface area contributed by atoms with E-state index in [1.807, 2.05) is 37.4 Å². The monoisotopic (exact) mass is 452 g/mol. The van der Waals surface area contributed by atoms with Crippen LogP contribution in [0.3, 0.4) is 0 Å². The molecule has 0 aliphatic carbocycles. The lowest BCUT2D eigenvalue weighted by atomic mass is 10.0. The summed E-state index contributed by atoms with van der Waals surface area (Å²) in [7, 11) is 3.17. The maximum absolute atomic E-state index is 12.8. The van der Waals surface area contributed by atoms with Crippen LogP contribution >= 0.6 is 12.4 Å². The summed E-state index contributed by atoms with van der Waals surface area (Å²) >= 11 is 0. The summed E-state index contributed by atoms with van der Waals surface area (Å²) in [6.45, 7) is 3.24. The fourth-order valence-electron chi connectivity index (χ4n) is 3.02. The van der Waals surface area contributed by atoms with Gasteiger partial charge in [-0.15, -0.1) is 12.4 Å². The second-order valence-corrected chi connectivity index (χ2v) is 7.03. The molecule has 2 rings (SSSR count). The lowest BCUT2D eigenvalue weighted by molar-refractivity contribution is -0.142. The van der Waals surface area contributed by atoms with Crippen LogP contribution in [0.4, 0.5) is 0 Å². The molecule has 1 amide bonds. The number of phenolic OH excluding ortho intramolecular Hbond substituents is 1. The van der Waals surface area contributed by atoms with Gasteiger partial charge in [-0.3, -0.25) is 4.79 Å². The Bertz CT molecular complexity index is 852. The number of esters is 1. The molecule has 0 saturated carbocycles. The lowest BCUT2D eigenvalue weighted by Crippen LogP contribution is -2.43. The maximum Gasteiger partial charge on any atom is 0.328 e. The SMILES string of the molecule is CNCCCCOc1cc(O)c(C(=O)N[C@@H](Cc2ccccc2)C(=O)OC)cc1C.Cl.[HH]. The van der Waals surface area contributed by atoms with Crippen LogP contribution < -0.4 is 15.4 Å². The molecule has 172 valence electrons. The average molecular weight is 453 g/mol. The molecule has 0 spiro atoms. The van der Waals surface area contributed by atoms with Gasteiger partial charge in [0.25, 0.3) is 5.91 Å². The van der Waals surface area contributed by atoms with E-state index in [1.165, 1.54) is 13.2 Å². The van der Waals surface area contributed by atoms with Crippen LogP contribution in [-0.4, -0.2) is 50.3 Å². The number of hydrogen-bond donors (Lipinski definition) is 3. The van der Waals surface area contributed by atoms with Crippen LogP contribution in [0.15, 0.2) is 42.5 Å². The Morgan fingerprint density at radius 1 is 1.16 bits per heavy atom. The zero-order valence-electron chi connectivity index (χ0n) is 18.1. The normalized spacial score (nSPS) is 11.2. The molecule has 0 saturated heterocycles. The number of halogens is 1. The van der Waals surface area contributed by atoms with E-state index in [0.29, 0.717) is 12.4 Å². The molecule has 0 fully saturated rings. The summed E-state index contributed by atoms with van der Waals surface area (Å²) in [6.07, 6.45) is 2.15. The van der Waals surface area contributed by atoms with E-state index < -0.39 is 17.9 Å². The number of ether oxygens (including phenoxy) is 2. The molecule has 0 heterocycles. The Morgan fingerprint density at radius 3 is 2.52 bits per heavy atom. The summed E-state index contributed by atoms with van der Waals surface area (Å²) in [5.41, 5.74) is 1.69. The number of nitrogens with one attached hydrogen (secondary N) is 2. The van der Waals surface area contributed by atoms with Gasteiger partial charge in [-0.25, -0.2) is 4.79 Å².